The maximum absolute atomic E-state index is 5.99. The molecule has 1 fully saturated rings. The fourth-order valence-electron chi connectivity index (χ4n) is 2.98. The molecule has 2 rings (SSSR count). The normalized spacial score (nSPS) is 26.6. The third kappa shape index (κ3) is 4.21. The zero-order valence-corrected chi connectivity index (χ0v) is 14.4. The fourth-order valence-corrected chi connectivity index (χ4v) is 3.76. The molecule has 0 aromatic heterocycles. The van der Waals surface area contributed by atoms with Crippen molar-refractivity contribution >= 4 is 15.9 Å². The van der Waals surface area contributed by atoms with E-state index in [1.807, 2.05) is 0 Å². The molecule has 1 saturated heterocycles. The van der Waals surface area contributed by atoms with Crippen molar-refractivity contribution in [1.29, 1.82) is 0 Å². The number of ether oxygens (including phenoxy) is 2. The lowest BCUT2D eigenvalue weighted by molar-refractivity contribution is -0.915. The van der Waals surface area contributed by atoms with Crippen molar-refractivity contribution in [1.82, 2.24) is 0 Å². The van der Waals surface area contributed by atoms with Gasteiger partial charge in [0.25, 0.3) is 0 Å². The Kier molecular flexibility index (Phi) is 5.47. The zero-order valence-electron chi connectivity index (χ0n) is 12.8. The van der Waals surface area contributed by atoms with Gasteiger partial charge in [-0.2, -0.15) is 0 Å². The van der Waals surface area contributed by atoms with Gasteiger partial charge in [-0.15, -0.1) is 0 Å². The first kappa shape index (κ1) is 15.8. The highest BCUT2D eigenvalue weighted by Gasteiger charge is 2.25. The van der Waals surface area contributed by atoms with Crippen LogP contribution < -0.4 is 9.64 Å². The molecule has 0 bridgehead atoms. The van der Waals surface area contributed by atoms with Gasteiger partial charge < -0.3 is 14.4 Å². The molecule has 1 aromatic rings. The van der Waals surface area contributed by atoms with E-state index in [1.54, 1.807) is 4.90 Å². The largest absolute Gasteiger partial charge is 0.486 e. The molecule has 1 N–H and O–H groups in total. The van der Waals surface area contributed by atoms with Gasteiger partial charge >= 0.3 is 0 Å². The van der Waals surface area contributed by atoms with E-state index in [0.717, 1.165) is 36.5 Å². The summed E-state index contributed by atoms with van der Waals surface area (Å²) in [5.74, 6) is 0.976. The van der Waals surface area contributed by atoms with E-state index in [9.17, 15) is 0 Å². The Morgan fingerprint density at radius 3 is 2.50 bits per heavy atom. The molecule has 1 aliphatic heterocycles. The van der Waals surface area contributed by atoms with Crippen molar-refractivity contribution in [3.8, 4) is 5.75 Å². The first-order valence-corrected chi connectivity index (χ1v) is 8.13. The summed E-state index contributed by atoms with van der Waals surface area (Å²) >= 11 is 3.59. The molecule has 0 unspecified atom stereocenters. The van der Waals surface area contributed by atoms with E-state index >= 15 is 0 Å². The predicted molar refractivity (Wildman–Crippen MR) is 84.7 cm³/mol. The molecule has 1 heterocycles. The Labute approximate surface area is 130 Å². The summed E-state index contributed by atoms with van der Waals surface area (Å²) < 4.78 is 12.8. The Morgan fingerprint density at radius 1 is 1.25 bits per heavy atom. The fraction of sp³-hybridized carbons (Fsp3) is 0.625. The monoisotopic (exact) mass is 342 g/mol. The van der Waals surface area contributed by atoms with Crippen LogP contribution in [0.25, 0.3) is 0 Å². The number of hydrogen-bond acceptors (Lipinski definition) is 2. The summed E-state index contributed by atoms with van der Waals surface area (Å²) in [6.45, 7) is 12.4. The number of quaternary nitrogens is 1. The van der Waals surface area contributed by atoms with Crippen LogP contribution in [0.15, 0.2) is 16.6 Å². The third-order valence-electron chi connectivity index (χ3n) is 3.69. The SMILES string of the molecule is Cc1cc(C)c(OCC[NH+]2C[C@H](C)O[C@@H](C)C2)c(Br)c1. The number of morpholine rings is 1. The Hall–Kier alpha value is -0.580. The van der Waals surface area contributed by atoms with Crippen LogP contribution in [0, 0.1) is 13.8 Å². The molecule has 4 heteroatoms. The Bertz CT molecular complexity index is 431. The molecule has 0 amide bonds. The second kappa shape index (κ2) is 6.92. The molecule has 0 spiro atoms. The highest BCUT2D eigenvalue weighted by atomic mass is 79.9. The third-order valence-corrected chi connectivity index (χ3v) is 4.28. The lowest BCUT2D eigenvalue weighted by Crippen LogP contribution is -3.16. The first-order chi connectivity index (χ1) is 9.45. The van der Waals surface area contributed by atoms with Gasteiger partial charge in [-0.25, -0.2) is 0 Å². The molecule has 20 heavy (non-hydrogen) atoms. The van der Waals surface area contributed by atoms with Crippen molar-refractivity contribution in [3.63, 3.8) is 0 Å². The number of nitrogens with one attached hydrogen (secondary N) is 1. The van der Waals surface area contributed by atoms with Crippen molar-refractivity contribution in [2.24, 2.45) is 0 Å². The van der Waals surface area contributed by atoms with Gasteiger partial charge in [0.1, 0.15) is 44.2 Å². The molecule has 1 aromatic carbocycles. The van der Waals surface area contributed by atoms with Gasteiger partial charge in [0, 0.05) is 0 Å². The van der Waals surface area contributed by atoms with Crippen molar-refractivity contribution in [3.05, 3.63) is 27.7 Å². The smallest absolute Gasteiger partial charge is 0.137 e. The molecule has 0 saturated carbocycles. The van der Waals surface area contributed by atoms with Crippen molar-refractivity contribution in [2.45, 2.75) is 39.9 Å². The Morgan fingerprint density at radius 2 is 1.90 bits per heavy atom. The quantitative estimate of drug-likeness (QED) is 0.905. The number of aryl methyl sites for hydroxylation is 2. The van der Waals surface area contributed by atoms with Crippen LogP contribution >= 0.6 is 15.9 Å². The summed E-state index contributed by atoms with van der Waals surface area (Å²) in [4.78, 5) is 1.57. The summed E-state index contributed by atoms with van der Waals surface area (Å²) in [7, 11) is 0. The van der Waals surface area contributed by atoms with E-state index in [0.29, 0.717) is 12.2 Å². The molecule has 0 aliphatic carbocycles. The number of benzene rings is 1. The minimum absolute atomic E-state index is 0.349. The summed E-state index contributed by atoms with van der Waals surface area (Å²) in [5, 5.41) is 0. The highest BCUT2D eigenvalue weighted by molar-refractivity contribution is 9.10. The molecular weight excluding hydrogens is 318 g/mol. The maximum atomic E-state index is 5.99. The topological polar surface area (TPSA) is 22.9 Å². The van der Waals surface area contributed by atoms with Crippen LogP contribution in [0.4, 0.5) is 0 Å². The van der Waals surface area contributed by atoms with E-state index < -0.39 is 0 Å². The van der Waals surface area contributed by atoms with E-state index in [2.05, 4.69) is 55.8 Å². The van der Waals surface area contributed by atoms with Gasteiger partial charge in [-0.3, -0.25) is 0 Å². The Balaban J connectivity index is 1.87. The van der Waals surface area contributed by atoms with Crippen molar-refractivity contribution in [2.75, 3.05) is 26.2 Å². The summed E-state index contributed by atoms with van der Waals surface area (Å²) in [6, 6.07) is 4.26. The molecule has 0 radical (unpaired) electrons. The van der Waals surface area contributed by atoms with Crippen LogP contribution in [0.1, 0.15) is 25.0 Å². The lowest BCUT2D eigenvalue weighted by atomic mass is 10.1. The van der Waals surface area contributed by atoms with Crippen LogP contribution in [-0.4, -0.2) is 38.4 Å². The van der Waals surface area contributed by atoms with Crippen LogP contribution in [0.3, 0.4) is 0 Å². The van der Waals surface area contributed by atoms with Crippen molar-refractivity contribution < 1.29 is 14.4 Å². The molecule has 112 valence electrons. The van der Waals surface area contributed by atoms with Gasteiger partial charge in [-0.05, 0) is 60.8 Å². The second-order valence-electron chi connectivity index (χ2n) is 5.91. The van der Waals surface area contributed by atoms with Crippen LogP contribution in [0.5, 0.6) is 5.75 Å². The van der Waals surface area contributed by atoms with Crippen LogP contribution in [0.2, 0.25) is 0 Å². The number of hydrogen-bond donors (Lipinski definition) is 1. The van der Waals surface area contributed by atoms with Gasteiger partial charge in [0.05, 0.1) is 4.47 Å². The van der Waals surface area contributed by atoms with E-state index in [-0.39, 0.29) is 0 Å². The lowest BCUT2D eigenvalue weighted by Gasteiger charge is -2.32. The maximum Gasteiger partial charge on any atom is 0.137 e. The number of rotatable bonds is 4. The molecule has 2 atom stereocenters. The molecular formula is C16H25BrNO2+. The number of halogens is 1. The van der Waals surface area contributed by atoms with E-state index in [4.69, 9.17) is 9.47 Å². The molecule has 1 aliphatic rings. The molecule has 3 nitrogen and oxygen atoms in total. The summed E-state index contributed by atoms with van der Waals surface area (Å²) in [6.07, 6.45) is 0.697. The second-order valence-corrected chi connectivity index (χ2v) is 6.76. The van der Waals surface area contributed by atoms with Gasteiger partial charge in [0.15, 0.2) is 0 Å². The average Bonchev–Trinajstić information content (AvgIpc) is 2.31. The standard InChI is InChI=1S/C16H24BrNO2/c1-11-7-12(2)16(15(17)8-11)19-6-5-18-9-13(3)20-14(4)10-18/h7-8,13-14H,5-6,9-10H2,1-4H3/p+1/t13-,14-/m0/s1. The zero-order chi connectivity index (χ0) is 14.7. The average molecular weight is 343 g/mol. The predicted octanol–water partition coefficient (Wildman–Crippen LogP) is 2.14. The van der Waals surface area contributed by atoms with E-state index in [1.165, 1.54) is 11.1 Å². The first-order valence-electron chi connectivity index (χ1n) is 7.34. The van der Waals surface area contributed by atoms with Gasteiger partial charge in [0.2, 0.25) is 0 Å². The van der Waals surface area contributed by atoms with Gasteiger partial charge in [-0.1, -0.05) is 6.07 Å². The summed E-state index contributed by atoms with van der Waals surface area (Å²) in [5.41, 5.74) is 2.44. The minimum atomic E-state index is 0.349. The van der Waals surface area contributed by atoms with Crippen LogP contribution in [-0.2, 0) is 4.74 Å². The minimum Gasteiger partial charge on any atom is -0.486 e. The highest BCUT2D eigenvalue weighted by Crippen LogP contribution is 2.29.